The first-order valence-electron chi connectivity index (χ1n) is 9.08. The molecule has 0 bridgehead atoms. The molecule has 28 heavy (non-hydrogen) atoms. The second-order valence-corrected chi connectivity index (χ2v) is 6.59. The van der Waals surface area contributed by atoms with Crippen LogP contribution in [0.4, 0.5) is 11.4 Å². The zero-order valence-electron chi connectivity index (χ0n) is 15.6. The number of hydrogen-bond donors (Lipinski definition) is 1. The standard InChI is InChI=1S/C20H22N4O4/c1-15-5-4-6-18(11-15)28-14-20(25)22-21-13-16-12-17(24(26)27)7-8-19(16)23-9-2-3-10-23/h4-8,11-13H,2-3,9-10,14H2,1H3,(H,22,25)/b21-13-. The van der Waals surface area contributed by atoms with Crippen LogP contribution in [-0.2, 0) is 4.79 Å². The van der Waals surface area contributed by atoms with Gasteiger partial charge < -0.3 is 9.64 Å². The topological polar surface area (TPSA) is 97.1 Å². The lowest BCUT2D eigenvalue weighted by molar-refractivity contribution is -0.384. The van der Waals surface area contributed by atoms with Gasteiger partial charge in [0.15, 0.2) is 6.61 Å². The Morgan fingerprint density at radius 1 is 1.29 bits per heavy atom. The van der Waals surface area contributed by atoms with Gasteiger partial charge in [-0.15, -0.1) is 0 Å². The first-order valence-corrected chi connectivity index (χ1v) is 9.08. The third-order valence-corrected chi connectivity index (χ3v) is 4.42. The molecule has 2 aromatic rings. The van der Waals surface area contributed by atoms with Gasteiger partial charge in [-0.3, -0.25) is 14.9 Å². The van der Waals surface area contributed by atoms with Gasteiger partial charge >= 0.3 is 0 Å². The first-order chi connectivity index (χ1) is 13.5. The largest absolute Gasteiger partial charge is 0.484 e. The highest BCUT2D eigenvalue weighted by Gasteiger charge is 2.17. The molecule has 0 aromatic heterocycles. The van der Waals surface area contributed by atoms with Crippen LogP contribution in [0.3, 0.4) is 0 Å². The third kappa shape index (κ3) is 5.06. The van der Waals surface area contributed by atoms with Crippen molar-refractivity contribution in [2.24, 2.45) is 5.10 Å². The van der Waals surface area contributed by atoms with Crippen LogP contribution in [-0.4, -0.2) is 36.7 Å². The van der Waals surface area contributed by atoms with Crippen molar-refractivity contribution in [2.45, 2.75) is 19.8 Å². The van der Waals surface area contributed by atoms with E-state index in [1.807, 2.05) is 25.1 Å². The van der Waals surface area contributed by atoms with Crippen LogP contribution in [0.5, 0.6) is 5.75 Å². The molecule has 8 nitrogen and oxygen atoms in total. The first kappa shape index (κ1) is 19.3. The quantitative estimate of drug-likeness (QED) is 0.451. The summed E-state index contributed by atoms with van der Waals surface area (Å²) in [6.07, 6.45) is 3.60. The van der Waals surface area contributed by atoms with Crippen molar-refractivity contribution < 1.29 is 14.5 Å². The Morgan fingerprint density at radius 2 is 2.07 bits per heavy atom. The Balaban J connectivity index is 1.64. The number of non-ortho nitro benzene ring substituents is 1. The molecule has 0 aliphatic carbocycles. The summed E-state index contributed by atoms with van der Waals surface area (Å²) in [5.74, 6) is 0.194. The number of amides is 1. The number of anilines is 1. The molecule has 0 atom stereocenters. The molecular formula is C20H22N4O4. The summed E-state index contributed by atoms with van der Waals surface area (Å²) in [6.45, 7) is 3.56. The van der Waals surface area contributed by atoms with Gasteiger partial charge in [0.2, 0.25) is 0 Å². The van der Waals surface area contributed by atoms with Crippen LogP contribution in [0.2, 0.25) is 0 Å². The summed E-state index contributed by atoms with van der Waals surface area (Å²) < 4.78 is 5.42. The molecule has 0 spiro atoms. The highest BCUT2D eigenvalue weighted by molar-refractivity contribution is 5.90. The summed E-state index contributed by atoms with van der Waals surface area (Å²) in [4.78, 5) is 24.7. The van der Waals surface area contributed by atoms with Crippen LogP contribution in [0.1, 0.15) is 24.0 Å². The molecule has 0 saturated carbocycles. The van der Waals surface area contributed by atoms with Crippen molar-refractivity contribution in [3.8, 4) is 5.75 Å². The van der Waals surface area contributed by atoms with Crippen LogP contribution in [0, 0.1) is 17.0 Å². The van der Waals surface area contributed by atoms with Gasteiger partial charge in [-0.1, -0.05) is 12.1 Å². The maximum Gasteiger partial charge on any atom is 0.277 e. The Labute approximate surface area is 163 Å². The molecule has 1 amide bonds. The summed E-state index contributed by atoms with van der Waals surface area (Å²) in [5, 5.41) is 15.0. The molecule has 2 aromatic carbocycles. The van der Waals surface area contributed by atoms with E-state index in [9.17, 15) is 14.9 Å². The van der Waals surface area contributed by atoms with E-state index in [-0.39, 0.29) is 12.3 Å². The van der Waals surface area contributed by atoms with Gasteiger partial charge in [0.1, 0.15) is 5.75 Å². The minimum Gasteiger partial charge on any atom is -0.484 e. The number of nitro benzene ring substituents is 1. The minimum absolute atomic E-state index is 0.0153. The van der Waals surface area contributed by atoms with E-state index in [1.54, 1.807) is 12.1 Å². The number of hydrazone groups is 1. The molecular weight excluding hydrogens is 360 g/mol. The molecule has 1 aliphatic heterocycles. The summed E-state index contributed by atoms with van der Waals surface area (Å²) in [5.41, 5.74) is 4.89. The zero-order valence-corrected chi connectivity index (χ0v) is 15.6. The number of rotatable bonds is 7. The van der Waals surface area contributed by atoms with Crippen molar-refractivity contribution >= 4 is 23.5 Å². The summed E-state index contributed by atoms with van der Waals surface area (Å²) in [6, 6.07) is 12.1. The predicted molar refractivity (Wildman–Crippen MR) is 107 cm³/mol. The van der Waals surface area contributed by atoms with Crippen LogP contribution >= 0.6 is 0 Å². The average Bonchev–Trinajstić information content (AvgIpc) is 3.21. The van der Waals surface area contributed by atoms with E-state index in [4.69, 9.17) is 4.74 Å². The van der Waals surface area contributed by atoms with E-state index in [0.717, 1.165) is 37.2 Å². The molecule has 1 saturated heterocycles. The van der Waals surface area contributed by atoms with Gasteiger partial charge in [0.25, 0.3) is 11.6 Å². The zero-order chi connectivity index (χ0) is 19.9. The number of benzene rings is 2. The van der Waals surface area contributed by atoms with Crippen molar-refractivity contribution in [1.82, 2.24) is 5.43 Å². The number of aryl methyl sites for hydroxylation is 1. The monoisotopic (exact) mass is 382 g/mol. The molecule has 8 heteroatoms. The highest BCUT2D eigenvalue weighted by atomic mass is 16.6. The van der Waals surface area contributed by atoms with E-state index < -0.39 is 10.8 Å². The van der Waals surface area contributed by atoms with Crippen molar-refractivity contribution in [3.63, 3.8) is 0 Å². The maximum atomic E-state index is 11.9. The van der Waals surface area contributed by atoms with Gasteiger partial charge in [0.05, 0.1) is 11.1 Å². The lowest BCUT2D eigenvalue weighted by Crippen LogP contribution is -2.25. The Morgan fingerprint density at radius 3 is 2.79 bits per heavy atom. The molecule has 1 heterocycles. The molecule has 1 aliphatic rings. The van der Waals surface area contributed by atoms with Crippen molar-refractivity contribution in [1.29, 1.82) is 0 Å². The third-order valence-electron chi connectivity index (χ3n) is 4.42. The molecule has 3 rings (SSSR count). The minimum atomic E-state index is -0.445. The Bertz CT molecular complexity index is 892. The van der Waals surface area contributed by atoms with Crippen molar-refractivity contribution in [3.05, 3.63) is 63.7 Å². The Hall–Kier alpha value is -3.42. The van der Waals surface area contributed by atoms with Gasteiger partial charge in [-0.2, -0.15) is 5.10 Å². The van der Waals surface area contributed by atoms with Gasteiger partial charge in [-0.05, 0) is 43.5 Å². The smallest absolute Gasteiger partial charge is 0.277 e. The number of hydrogen-bond acceptors (Lipinski definition) is 6. The van der Waals surface area contributed by atoms with Crippen LogP contribution < -0.4 is 15.1 Å². The molecule has 1 N–H and O–H groups in total. The SMILES string of the molecule is Cc1cccc(OCC(=O)N/N=C\c2cc([N+](=O)[O-])ccc2N2CCCC2)c1. The fourth-order valence-corrected chi connectivity index (χ4v) is 3.06. The number of carbonyl (C=O) groups excluding carboxylic acids is 1. The van der Waals surface area contributed by atoms with E-state index >= 15 is 0 Å². The van der Waals surface area contributed by atoms with E-state index in [2.05, 4.69) is 15.4 Å². The summed E-state index contributed by atoms with van der Waals surface area (Å²) in [7, 11) is 0. The average molecular weight is 382 g/mol. The van der Waals surface area contributed by atoms with Crippen molar-refractivity contribution in [2.75, 3.05) is 24.6 Å². The number of ether oxygens (including phenoxy) is 1. The maximum absolute atomic E-state index is 11.9. The van der Waals surface area contributed by atoms with Crippen LogP contribution in [0.25, 0.3) is 0 Å². The molecule has 0 unspecified atom stereocenters. The number of nitrogens with zero attached hydrogens (tertiary/aromatic N) is 3. The molecule has 0 radical (unpaired) electrons. The van der Waals surface area contributed by atoms with Gasteiger partial charge in [-0.25, -0.2) is 5.43 Å². The number of carbonyl (C=O) groups is 1. The lowest BCUT2D eigenvalue weighted by Gasteiger charge is -2.19. The Kier molecular flexibility index (Phi) is 6.21. The van der Waals surface area contributed by atoms with E-state index in [1.165, 1.54) is 18.3 Å². The summed E-state index contributed by atoms with van der Waals surface area (Å²) >= 11 is 0. The predicted octanol–water partition coefficient (Wildman–Crippen LogP) is 3.03. The fourth-order valence-electron chi connectivity index (χ4n) is 3.06. The second kappa shape index (κ2) is 8.98. The number of nitrogens with one attached hydrogen (secondary N) is 1. The lowest BCUT2D eigenvalue weighted by atomic mass is 10.1. The number of nitro groups is 1. The molecule has 1 fully saturated rings. The second-order valence-electron chi connectivity index (χ2n) is 6.59. The fraction of sp³-hybridized carbons (Fsp3) is 0.300. The molecule has 146 valence electrons. The van der Waals surface area contributed by atoms with Crippen LogP contribution in [0.15, 0.2) is 47.6 Å². The normalized spacial score (nSPS) is 13.7. The highest BCUT2D eigenvalue weighted by Crippen LogP contribution is 2.27. The van der Waals surface area contributed by atoms with Gasteiger partial charge in [0, 0.05) is 36.5 Å². The van der Waals surface area contributed by atoms with E-state index in [0.29, 0.717) is 11.3 Å².